The van der Waals surface area contributed by atoms with Gasteiger partial charge >= 0.3 is 0 Å². The van der Waals surface area contributed by atoms with E-state index in [0.717, 1.165) is 30.4 Å². The number of likely N-dealkylation sites (tertiary alicyclic amines) is 1. The lowest BCUT2D eigenvalue weighted by Crippen LogP contribution is -2.50. The van der Waals surface area contributed by atoms with E-state index in [0.29, 0.717) is 11.7 Å². The van der Waals surface area contributed by atoms with E-state index < -0.39 is 0 Å². The average Bonchev–Trinajstić information content (AvgIpc) is 2.97. The fourth-order valence-electron chi connectivity index (χ4n) is 3.39. The van der Waals surface area contributed by atoms with Crippen LogP contribution in [0, 0.1) is 5.92 Å². The molecule has 2 aromatic rings. The molecule has 1 N–H and O–H groups in total. The smallest absolute Gasteiger partial charge is 0.233 e. The highest BCUT2D eigenvalue weighted by atomic mass is 16.3. The summed E-state index contributed by atoms with van der Waals surface area (Å²) < 4.78 is 5.83. The molecule has 1 fully saturated rings. The summed E-state index contributed by atoms with van der Waals surface area (Å²) >= 11 is 0. The average molecular weight is 301 g/mol. The molecule has 0 spiro atoms. The van der Waals surface area contributed by atoms with Crippen LogP contribution in [0.5, 0.6) is 0 Å². The number of amides is 1. The lowest BCUT2D eigenvalue weighted by atomic mass is 9.90. The summed E-state index contributed by atoms with van der Waals surface area (Å²) in [7, 11) is 0. The van der Waals surface area contributed by atoms with Gasteiger partial charge in [0.15, 0.2) is 0 Å². The van der Waals surface area contributed by atoms with Gasteiger partial charge < -0.3 is 14.4 Å². The Morgan fingerprint density at radius 3 is 2.95 bits per heavy atom. The van der Waals surface area contributed by atoms with Gasteiger partial charge in [-0.3, -0.25) is 4.79 Å². The van der Waals surface area contributed by atoms with Gasteiger partial charge in [-0.2, -0.15) is 0 Å². The van der Waals surface area contributed by atoms with Crippen LogP contribution in [0.15, 0.2) is 34.7 Å². The van der Waals surface area contributed by atoms with Crippen molar-refractivity contribution in [1.82, 2.24) is 4.90 Å². The van der Waals surface area contributed by atoms with Crippen molar-refractivity contribution >= 4 is 16.9 Å². The molecule has 0 saturated carbocycles. The molecule has 1 aromatic heterocycles. The molecule has 118 valence electrons. The molecule has 3 atom stereocenters. The molecule has 1 aliphatic rings. The van der Waals surface area contributed by atoms with E-state index in [2.05, 4.69) is 6.92 Å². The number of nitrogens with zero attached hydrogens (tertiary/aromatic N) is 1. The van der Waals surface area contributed by atoms with Crippen LogP contribution in [-0.2, 0) is 4.79 Å². The monoisotopic (exact) mass is 301 g/mol. The molecular formula is C18H23NO3. The second kappa shape index (κ2) is 6.13. The first kappa shape index (κ1) is 15.1. The SMILES string of the molecule is CC(C(=O)N1CCCC(C)C1CO)c1cc2ccccc2o1. The Labute approximate surface area is 130 Å². The third kappa shape index (κ3) is 2.63. The number of furan rings is 1. The second-order valence-corrected chi connectivity index (χ2v) is 6.31. The van der Waals surface area contributed by atoms with E-state index in [9.17, 15) is 9.90 Å². The van der Waals surface area contributed by atoms with Gasteiger partial charge in [0.05, 0.1) is 18.6 Å². The maximum Gasteiger partial charge on any atom is 0.233 e. The summed E-state index contributed by atoms with van der Waals surface area (Å²) in [4.78, 5) is 14.7. The minimum absolute atomic E-state index is 0.0275. The quantitative estimate of drug-likeness (QED) is 0.947. The summed E-state index contributed by atoms with van der Waals surface area (Å²) in [5.74, 6) is 0.753. The van der Waals surface area contributed by atoms with Crippen LogP contribution in [-0.4, -0.2) is 35.1 Å². The van der Waals surface area contributed by atoms with Gasteiger partial charge in [0, 0.05) is 11.9 Å². The van der Waals surface area contributed by atoms with Gasteiger partial charge in [-0.1, -0.05) is 25.1 Å². The highest BCUT2D eigenvalue weighted by Gasteiger charge is 2.34. The molecule has 4 heteroatoms. The fraction of sp³-hybridized carbons (Fsp3) is 0.500. The van der Waals surface area contributed by atoms with E-state index in [-0.39, 0.29) is 24.5 Å². The van der Waals surface area contributed by atoms with Gasteiger partial charge in [0.2, 0.25) is 5.91 Å². The zero-order valence-electron chi connectivity index (χ0n) is 13.2. The molecular weight excluding hydrogens is 278 g/mol. The van der Waals surface area contributed by atoms with E-state index in [1.807, 2.05) is 42.2 Å². The Morgan fingerprint density at radius 2 is 2.23 bits per heavy atom. The molecule has 2 heterocycles. The molecule has 0 bridgehead atoms. The van der Waals surface area contributed by atoms with Crippen molar-refractivity contribution in [2.24, 2.45) is 5.92 Å². The fourth-order valence-corrected chi connectivity index (χ4v) is 3.39. The number of carbonyl (C=O) groups is 1. The summed E-state index contributed by atoms with van der Waals surface area (Å²) in [6.45, 7) is 4.73. The van der Waals surface area contributed by atoms with Crippen molar-refractivity contribution in [1.29, 1.82) is 0 Å². The van der Waals surface area contributed by atoms with Crippen LogP contribution in [0.1, 0.15) is 38.4 Å². The van der Waals surface area contributed by atoms with Crippen molar-refractivity contribution in [3.05, 3.63) is 36.1 Å². The number of para-hydroxylation sites is 1. The summed E-state index contributed by atoms with van der Waals surface area (Å²) in [6, 6.07) is 9.65. The number of benzene rings is 1. The van der Waals surface area contributed by atoms with Gasteiger partial charge in [-0.25, -0.2) is 0 Å². The Kier molecular flexibility index (Phi) is 4.21. The first-order valence-corrected chi connectivity index (χ1v) is 8.01. The molecule has 3 rings (SSSR count). The summed E-state index contributed by atoms with van der Waals surface area (Å²) in [5, 5.41) is 10.6. The van der Waals surface area contributed by atoms with Crippen molar-refractivity contribution < 1.29 is 14.3 Å². The molecule has 3 unspecified atom stereocenters. The Balaban J connectivity index is 1.84. The van der Waals surface area contributed by atoms with E-state index in [4.69, 9.17) is 4.42 Å². The van der Waals surface area contributed by atoms with E-state index in [1.54, 1.807) is 0 Å². The van der Waals surface area contributed by atoms with Crippen LogP contribution in [0.2, 0.25) is 0 Å². The van der Waals surface area contributed by atoms with Crippen LogP contribution in [0.25, 0.3) is 11.0 Å². The van der Waals surface area contributed by atoms with Crippen LogP contribution in [0.3, 0.4) is 0 Å². The van der Waals surface area contributed by atoms with Crippen LogP contribution >= 0.6 is 0 Å². The number of fused-ring (bicyclic) bond motifs is 1. The number of piperidine rings is 1. The van der Waals surface area contributed by atoms with Gasteiger partial charge in [-0.05, 0) is 37.8 Å². The number of aliphatic hydroxyl groups is 1. The third-order valence-corrected chi connectivity index (χ3v) is 4.83. The maximum atomic E-state index is 12.8. The standard InChI is InChI=1S/C18H23NO3/c1-12-6-5-9-19(15(12)11-20)18(21)13(2)17-10-14-7-3-4-8-16(14)22-17/h3-4,7-8,10,12-13,15,20H,5-6,9,11H2,1-2H3. The number of hydrogen-bond acceptors (Lipinski definition) is 3. The van der Waals surface area contributed by atoms with Crippen molar-refractivity contribution in [2.45, 2.75) is 38.6 Å². The highest BCUT2D eigenvalue weighted by molar-refractivity contribution is 5.85. The summed E-state index contributed by atoms with van der Waals surface area (Å²) in [6.07, 6.45) is 2.06. The topological polar surface area (TPSA) is 53.7 Å². The molecule has 1 amide bonds. The lowest BCUT2D eigenvalue weighted by Gasteiger charge is -2.40. The Morgan fingerprint density at radius 1 is 1.45 bits per heavy atom. The Bertz CT molecular complexity index is 630. The molecule has 22 heavy (non-hydrogen) atoms. The zero-order valence-corrected chi connectivity index (χ0v) is 13.2. The largest absolute Gasteiger partial charge is 0.460 e. The van der Waals surface area contributed by atoms with E-state index >= 15 is 0 Å². The lowest BCUT2D eigenvalue weighted by molar-refractivity contribution is -0.139. The second-order valence-electron chi connectivity index (χ2n) is 6.31. The molecule has 0 radical (unpaired) electrons. The molecule has 1 aliphatic heterocycles. The zero-order chi connectivity index (χ0) is 15.7. The predicted octanol–water partition coefficient (Wildman–Crippen LogP) is 3.16. The molecule has 0 aliphatic carbocycles. The molecule has 1 aromatic carbocycles. The minimum Gasteiger partial charge on any atom is -0.460 e. The number of aliphatic hydroxyl groups excluding tert-OH is 1. The van der Waals surface area contributed by atoms with Crippen molar-refractivity contribution in [2.75, 3.05) is 13.2 Å². The van der Waals surface area contributed by atoms with Crippen molar-refractivity contribution in [3.8, 4) is 0 Å². The van der Waals surface area contributed by atoms with Gasteiger partial charge in [0.1, 0.15) is 11.3 Å². The third-order valence-electron chi connectivity index (χ3n) is 4.83. The first-order chi connectivity index (χ1) is 10.6. The van der Waals surface area contributed by atoms with Crippen LogP contribution in [0.4, 0.5) is 0 Å². The maximum absolute atomic E-state index is 12.8. The minimum atomic E-state index is -0.327. The molecule has 4 nitrogen and oxygen atoms in total. The molecule has 1 saturated heterocycles. The Hall–Kier alpha value is -1.81. The number of hydrogen-bond donors (Lipinski definition) is 1. The first-order valence-electron chi connectivity index (χ1n) is 8.01. The highest BCUT2D eigenvalue weighted by Crippen LogP contribution is 2.30. The van der Waals surface area contributed by atoms with Gasteiger partial charge in [-0.15, -0.1) is 0 Å². The number of carbonyl (C=O) groups excluding carboxylic acids is 1. The van der Waals surface area contributed by atoms with Gasteiger partial charge in [0.25, 0.3) is 0 Å². The predicted molar refractivity (Wildman–Crippen MR) is 85.6 cm³/mol. The summed E-state index contributed by atoms with van der Waals surface area (Å²) in [5.41, 5.74) is 0.808. The number of rotatable bonds is 3. The van der Waals surface area contributed by atoms with E-state index in [1.165, 1.54) is 0 Å². The normalized spacial score (nSPS) is 23.7. The van der Waals surface area contributed by atoms with Crippen molar-refractivity contribution in [3.63, 3.8) is 0 Å². The van der Waals surface area contributed by atoms with Crippen LogP contribution < -0.4 is 0 Å².